The van der Waals surface area contributed by atoms with E-state index in [0.717, 1.165) is 25.5 Å². The first-order chi connectivity index (χ1) is 5.70. The highest BCUT2D eigenvalue weighted by Crippen LogP contribution is 2.11. The number of unbranched alkanes of at least 4 members (excludes halogenated alkanes) is 1. The summed E-state index contributed by atoms with van der Waals surface area (Å²) < 4.78 is 0. The lowest BCUT2D eigenvalue weighted by Gasteiger charge is -2.06. The molecule has 12 heavy (non-hydrogen) atoms. The van der Waals surface area contributed by atoms with Crippen LogP contribution in [0.4, 0.5) is 0 Å². The van der Waals surface area contributed by atoms with Gasteiger partial charge in [0.05, 0.1) is 0 Å². The first-order valence-electron chi connectivity index (χ1n) is 4.37. The third-order valence-electron chi connectivity index (χ3n) is 1.85. The molecule has 0 bridgehead atoms. The molecular weight excluding hydrogens is 156 g/mol. The summed E-state index contributed by atoms with van der Waals surface area (Å²) >= 11 is 0. The SMILES string of the molecule is CCCCC(C=O)CCC(=O)O. The van der Waals surface area contributed by atoms with Crippen LogP contribution in [0.5, 0.6) is 0 Å². The fourth-order valence-corrected chi connectivity index (χ4v) is 1.06. The predicted octanol–water partition coefficient (Wildman–Crippen LogP) is 1.86. The molecule has 0 aliphatic rings. The van der Waals surface area contributed by atoms with Crippen LogP contribution in [0.25, 0.3) is 0 Å². The minimum atomic E-state index is -0.821. The van der Waals surface area contributed by atoms with Crippen LogP contribution in [0.2, 0.25) is 0 Å². The van der Waals surface area contributed by atoms with Crippen molar-refractivity contribution in [2.24, 2.45) is 5.92 Å². The van der Waals surface area contributed by atoms with Crippen LogP contribution in [-0.2, 0) is 9.59 Å². The number of hydrogen-bond donors (Lipinski definition) is 1. The van der Waals surface area contributed by atoms with Gasteiger partial charge in [-0.05, 0) is 12.8 Å². The average molecular weight is 172 g/mol. The fourth-order valence-electron chi connectivity index (χ4n) is 1.06. The van der Waals surface area contributed by atoms with Crippen molar-refractivity contribution in [3.63, 3.8) is 0 Å². The van der Waals surface area contributed by atoms with E-state index in [1.807, 2.05) is 0 Å². The highest BCUT2D eigenvalue weighted by Gasteiger charge is 2.08. The molecule has 0 rings (SSSR count). The summed E-state index contributed by atoms with van der Waals surface area (Å²) in [7, 11) is 0. The largest absolute Gasteiger partial charge is 0.481 e. The summed E-state index contributed by atoms with van der Waals surface area (Å²) in [5.41, 5.74) is 0. The van der Waals surface area contributed by atoms with Crippen molar-refractivity contribution in [3.8, 4) is 0 Å². The maximum absolute atomic E-state index is 10.4. The number of rotatable bonds is 7. The minimum absolute atomic E-state index is 0.0546. The van der Waals surface area contributed by atoms with Crippen molar-refractivity contribution < 1.29 is 14.7 Å². The van der Waals surface area contributed by atoms with E-state index in [2.05, 4.69) is 6.92 Å². The zero-order valence-corrected chi connectivity index (χ0v) is 7.45. The van der Waals surface area contributed by atoms with E-state index < -0.39 is 5.97 Å². The second kappa shape index (κ2) is 6.83. The monoisotopic (exact) mass is 172 g/mol. The molecule has 0 aliphatic carbocycles. The first kappa shape index (κ1) is 11.1. The number of aldehydes is 1. The summed E-state index contributed by atoms with van der Waals surface area (Å²) in [6, 6.07) is 0. The molecule has 0 saturated heterocycles. The Morgan fingerprint density at radius 3 is 2.58 bits per heavy atom. The van der Waals surface area contributed by atoms with Gasteiger partial charge in [-0.25, -0.2) is 0 Å². The van der Waals surface area contributed by atoms with E-state index >= 15 is 0 Å². The smallest absolute Gasteiger partial charge is 0.303 e. The molecule has 1 unspecified atom stereocenters. The van der Waals surface area contributed by atoms with Crippen LogP contribution in [0.1, 0.15) is 39.0 Å². The summed E-state index contributed by atoms with van der Waals surface area (Å²) in [6.07, 6.45) is 4.35. The van der Waals surface area contributed by atoms with Crippen LogP contribution in [0.15, 0.2) is 0 Å². The van der Waals surface area contributed by atoms with Gasteiger partial charge in [0.2, 0.25) is 0 Å². The summed E-state index contributed by atoms with van der Waals surface area (Å²) in [4.78, 5) is 20.6. The topological polar surface area (TPSA) is 54.4 Å². The first-order valence-corrected chi connectivity index (χ1v) is 4.37. The van der Waals surface area contributed by atoms with E-state index in [9.17, 15) is 9.59 Å². The van der Waals surface area contributed by atoms with Crippen LogP contribution < -0.4 is 0 Å². The maximum atomic E-state index is 10.4. The standard InChI is InChI=1S/C9H16O3/c1-2-3-4-8(7-10)5-6-9(11)12/h7-8H,2-6H2,1H3,(H,11,12). The molecule has 3 heteroatoms. The zero-order valence-electron chi connectivity index (χ0n) is 7.45. The van der Waals surface area contributed by atoms with Crippen molar-refractivity contribution in [3.05, 3.63) is 0 Å². The van der Waals surface area contributed by atoms with Crippen LogP contribution in [-0.4, -0.2) is 17.4 Å². The molecule has 0 amide bonds. The molecule has 0 spiro atoms. The Balaban J connectivity index is 3.52. The van der Waals surface area contributed by atoms with Crippen molar-refractivity contribution in [1.29, 1.82) is 0 Å². The van der Waals surface area contributed by atoms with E-state index in [1.54, 1.807) is 0 Å². The van der Waals surface area contributed by atoms with Gasteiger partial charge in [-0.1, -0.05) is 19.8 Å². The Bertz CT molecular complexity index is 143. The Hall–Kier alpha value is -0.860. The van der Waals surface area contributed by atoms with Crippen molar-refractivity contribution in [2.75, 3.05) is 0 Å². The van der Waals surface area contributed by atoms with Crippen molar-refractivity contribution in [2.45, 2.75) is 39.0 Å². The second-order valence-corrected chi connectivity index (χ2v) is 2.97. The molecule has 0 heterocycles. The van der Waals surface area contributed by atoms with Gasteiger partial charge in [0.25, 0.3) is 0 Å². The minimum Gasteiger partial charge on any atom is -0.481 e. The lowest BCUT2D eigenvalue weighted by Crippen LogP contribution is -2.05. The number of carbonyl (C=O) groups is 2. The zero-order chi connectivity index (χ0) is 9.40. The van der Waals surface area contributed by atoms with Crippen LogP contribution in [0, 0.1) is 5.92 Å². The molecule has 0 saturated carbocycles. The predicted molar refractivity (Wildman–Crippen MR) is 45.9 cm³/mol. The van der Waals surface area contributed by atoms with E-state index in [4.69, 9.17) is 5.11 Å². The molecule has 0 aromatic rings. The molecule has 0 aliphatic heterocycles. The number of hydrogen-bond acceptors (Lipinski definition) is 2. The highest BCUT2D eigenvalue weighted by molar-refractivity contribution is 5.67. The van der Waals surface area contributed by atoms with Crippen molar-refractivity contribution >= 4 is 12.3 Å². The fraction of sp³-hybridized carbons (Fsp3) is 0.778. The van der Waals surface area contributed by atoms with Gasteiger partial charge in [-0.2, -0.15) is 0 Å². The number of carbonyl (C=O) groups excluding carboxylic acids is 1. The molecule has 0 aromatic carbocycles. The normalized spacial score (nSPS) is 12.4. The molecule has 1 N–H and O–H groups in total. The number of aliphatic carboxylic acids is 1. The van der Waals surface area contributed by atoms with Gasteiger partial charge < -0.3 is 9.90 Å². The quantitative estimate of drug-likeness (QED) is 0.596. The van der Waals surface area contributed by atoms with E-state index in [0.29, 0.717) is 6.42 Å². The van der Waals surface area contributed by atoms with Gasteiger partial charge in [0.15, 0.2) is 0 Å². The average Bonchev–Trinajstić information content (AvgIpc) is 2.05. The Labute approximate surface area is 72.8 Å². The van der Waals surface area contributed by atoms with Gasteiger partial charge >= 0.3 is 5.97 Å². The third kappa shape index (κ3) is 5.89. The molecule has 0 radical (unpaired) electrons. The van der Waals surface area contributed by atoms with Gasteiger partial charge in [0.1, 0.15) is 6.29 Å². The van der Waals surface area contributed by atoms with Crippen LogP contribution >= 0.6 is 0 Å². The third-order valence-corrected chi connectivity index (χ3v) is 1.85. The molecule has 0 fully saturated rings. The van der Waals surface area contributed by atoms with E-state index in [1.165, 1.54) is 0 Å². The Morgan fingerprint density at radius 2 is 2.17 bits per heavy atom. The van der Waals surface area contributed by atoms with Gasteiger partial charge in [-0.15, -0.1) is 0 Å². The maximum Gasteiger partial charge on any atom is 0.303 e. The Kier molecular flexibility index (Phi) is 6.34. The van der Waals surface area contributed by atoms with Gasteiger partial charge in [0, 0.05) is 12.3 Å². The van der Waals surface area contributed by atoms with Crippen LogP contribution in [0.3, 0.4) is 0 Å². The molecule has 3 nitrogen and oxygen atoms in total. The summed E-state index contributed by atoms with van der Waals surface area (Å²) in [6.45, 7) is 2.05. The molecular formula is C9H16O3. The highest BCUT2D eigenvalue weighted by atomic mass is 16.4. The summed E-state index contributed by atoms with van der Waals surface area (Å²) in [5, 5.41) is 8.37. The number of carboxylic acid groups (broad SMARTS) is 1. The molecule has 70 valence electrons. The number of carboxylic acids is 1. The van der Waals surface area contributed by atoms with E-state index in [-0.39, 0.29) is 12.3 Å². The summed E-state index contributed by atoms with van der Waals surface area (Å²) in [5.74, 6) is -0.876. The Morgan fingerprint density at radius 1 is 1.50 bits per heavy atom. The molecule has 1 atom stereocenters. The van der Waals surface area contributed by atoms with Crippen molar-refractivity contribution in [1.82, 2.24) is 0 Å². The lowest BCUT2D eigenvalue weighted by atomic mass is 9.98. The lowest BCUT2D eigenvalue weighted by molar-refractivity contribution is -0.137. The second-order valence-electron chi connectivity index (χ2n) is 2.97. The van der Waals surface area contributed by atoms with Gasteiger partial charge in [-0.3, -0.25) is 4.79 Å². The molecule has 0 aromatic heterocycles.